The largest absolute Gasteiger partial charge is 0.436 e. The van der Waals surface area contributed by atoms with Crippen molar-refractivity contribution in [1.82, 2.24) is 19.6 Å². The Morgan fingerprint density at radius 2 is 1.26 bits per heavy atom. The Hall–Kier alpha value is -4.79. The van der Waals surface area contributed by atoms with Gasteiger partial charge in [-0.3, -0.25) is 9.69 Å². The van der Waals surface area contributed by atoms with Crippen molar-refractivity contribution in [3.05, 3.63) is 101 Å². The second-order valence-electron chi connectivity index (χ2n) is 16.0. The van der Waals surface area contributed by atoms with Crippen LogP contribution >= 0.6 is 0 Å². The summed E-state index contributed by atoms with van der Waals surface area (Å²) in [6, 6.07) is 18.6. The van der Waals surface area contributed by atoms with Crippen LogP contribution in [0.5, 0.6) is 0 Å². The van der Waals surface area contributed by atoms with Crippen molar-refractivity contribution in [2.75, 3.05) is 51.1 Å². The fraction of sp³-hybridized carbons (Fsp3) is 0.512. The van der Waals surface area contributed by atoms with Crippen LogP contribution in [0.3, 0.4) is 0 Å². The van der Waals surface area contributed by atoms with Gasteiger partial charge in [0, 0.05) is 57.4 Å². The van der Waals surface area contributed by atoms with E-state index in [1.807, 2.05) is 42.5 Å². The third-order valence-corrected chi connectivity index (χ3v) is 12.3. The number of alkyl halides is 6. The van der Waals surface area contributed by atoms with Crippen molar-refractivity contribution in [2.45, 2.75) is 82.4 Å². The van der Waals surface area contributed by atoms with E-state index in [1.165, 1.54) is 15.4 Å². The zero-order valence-corrected chi connectivity index (χ0v) is 32.2. The molecule has 0 radical (unpaired) electrons. The minimum absolute atomic E-state index is 0.0384. The van der Waals surface area contributed by atoms with Crippen LogP contribution in [0.15, 0.2) is 72.8 Å². The Labute approximate surface area is 334 Å². The van der Waals surface area contributed by atoms with Gasteiger partial charge in [-0.25, -0.2) is 9.59 Å². The molecule has 3 saturated heterocycles. The predicted molar refractivity (Wildman–Crippen MR) is 205 cm³/mol. The van der Waals surface area contributed by atoms with Gasteiger partial charge in [0.15, 0.2) is 6.10 Å². The molecular weight excluding hydrogens is 764 g/mol. The molecule has 0 aliphatic carbocycles. The minimum atomic E-state index is -5.08. The van der Waals surface area contributed by atoms with Gasteiger partial charge in [-0.05, 0) is 111 Å². The molecule has 58 heavy (non-hydrogen) atoms. The van der Waals surface area contributed by atoms with Gasteiger partial charge in [0.2, 0.25) is 0 Å². The number of amides is 4. The molecular formula is C43H49F6N5O4. The highest BCUT2D eigenvalue weighted by Crippen LogP contribution is 2.38. The van der Waals surface area contributed by atoms with E-state index >= 15 is 0 Å². The van der Waals surface area contributed by atoms with Crippen molar-refractivity contribution < 1.29 is 45.5 Å². The number of anilines is 1. The SMILES string of the molecule is O=C(O[C@H](Cc1cc(C(F)(F)F)cc(C(F)(F)F)c1)C(=O)N1CCC(C2CCN(Cc3ccccc3)CC2)CC1)N1CCC(N2CCc3ccccc3NC2=O)CC1. The second-order valence-corrected chi connectivity index (χ2v) is 16.0. The average molecular weight is 814 g/mol. The van der Waals surface area contributed by atoms with Gasteiger partial charge >= 0.3 is 24.5 Å². The van der Waals surface area contributed by atoms with Crippen LogP contribution in [-0.2, 0) is 41.3 Å². The number of hydrogen-bond donors (Lipinski definition) is 1. The summed E-state index contributed by atoms with van der Waals surface area (Å²) < 4.78 is 88.6. The van der Waals surface area contributed by atoms with Crippen molar-refractivity contribution in [1.29, 1.82) is 0 Å². The standard InChI is InChI=1S/C43H49F6N5O4/c44-42(45,46)34-24-30(25-35(27-34)43(47,48)49)26-38(39(55)52-19-12-32(13-20-52)31-10-17-51(18-11-31)28-29-6-2-1-3-7-29)58-41(57)53-21-15-36(16-22-53)54-23-14-33-8-4-5-9-37(33)50-40(54)56/h1-9,24-25,27,31-32,36,38H,10-23,26,28H2,(H,50,56)/t38-/m1/s1. The number of nitrogens with one attached hydrogen (secondary N) is 1. The summed E-state index contributed by atoms with van der Waals surface area (Å²) >= 11 is 0. The Morgan fingerprint density at radius 1 is 0.690 bits per heavy atom. The highest BCUT2D eigenvalue weighted by atomic mass is 19.4. The van der Waals surface area contributed by atoms with Crippen LogP contribution in [0.2, 0.25) is 0 Å². The Kier molecular flexibility index (Phi) is 12.6. The smallest absolute Gasteiger partial charge is 0.416 e. The number of nitrogens with zero attached hydrogens (tertiary/aromatic N) is 4. The molecule has 4 aliphatic rings. The summed E-state index contributed by atoms with van der Waals surface area (Å²) in [6.07, 6.45) is -8.44. The third kappa shape index (κ3) is 10.1. The van der Waals surface area contributed by atoms with Gasteiger partial charge in [-0.2, -0.15) is 26.3 Å². The Bertz CT molecular complexity index is 1870. The molecule has 15 heteroatoms. The van der Waals surface area contributed by atoms with E-state index in [-0.39, 0.29) is 31.2 Å². The van der Waals surface area contributed by atoms with Gasteiger partial charge in [0.1, 0.15) is 0 Å². The summed E-state index contributed by atoms with van der Waals surface area (Å²) in [4.78, 5) is 48.0. The van der Waals surface area contributed by atoms with Crippen LogP contribution in [0, 0.1) is 11.8 Å². The van der Waals surface area contributed by atoms with E-state index in [0.717, 1.165) is 43.7 Å². The lowest BCUT2D eigenvalue weighted by atomic mass is 9.78. The number of carbonyl (C=O) groups is 3. The molecule has 3 aromatic carbocycles. The first kappa shape index (κ1) is 41.4. The number of fused-ring (bicyclic) bond motifs is 1. The quantitative estimate of drug-likeness (QED) is 0.231. The van der Waals surface area contributed by atoms with Crippen molar-refractivity contribution >= 4 is 23.7 Å². The third-order valence-electron chi connectivity index (χ3n) is 12.3. The monoisotopic (exact) mass is 813 g/mol. The van der Waals surface area contributed by atoms with Crippen LogP contribution < -0.4 is 5.32 Å². The lowest BCUT2D eigenvalue weighted by Gasteiger charge is -2.41. The molecule has 3 fully saturated rings. The number of rotatable bonds is 8. The molecule has 0 spiro atoms. The number of hydrogen-bond acceptors (Lipinski definition) is 5. The Balaban J connectivity index is 1.00. The zero-order valence-electron chi connectivity index (χ0n) is 32.2. The predicted octanol–water partition coefficient (Wildman–Crippen LogP) is 8.48. The summed E-state index contributed by atoms with van der Waals surface area (Å²) in [7, 11) is 0. The molecule has 0 aromatic heterocycles. The van der Waals surface area contributed by atoms with Gasteiger partial charge in [-0.15, -0.1) is 0 Å². The van der Waals surface area contributed by atoms with Crippen LogP contribution in [0.4, 0.5) is 41.6 Å². The number of piperidine rings is 3. The summed E-state index contributed by atoms with van der Waals surface area (Å²) in [5.41, 5.74) is -0.402. The first-order valence-corrected chi connectivity index (χ1v) is 20.2. The molecule has 1 N–H and O–H groups in total. The van der Waals surface area contributed by atoms with E-state index in [9.17, 15) is 40.7 Å². The number of likely N-dealkylation sites (tertiary alicyclic amines) is 3. The zero-order chi connectivity index (χ0) is 41.0. The summed E-state index contributed by atoms with van der Waals surface area (Å²) in [5.74, 6) is 0.192. The highest BCUT2D eigenvalue weighted by Gasteiger charge is 2.40. The molecule has 7 rings (SSSR count). The molecule has 1 atom stereocenters. The number of ether oxygens (including phenoxy) is 1. The first-order chi connectivity index (χ1) is 27.7. The van der Waals surface area contributed by atoms with Crippen LogP contribution in [0.1, 0.15) is 66.3 Å². The molecule has 4 amide bonds. The van der Waals surface area contributed by atoms with E-state index in [4.69, 9.17) is 4.74 Å². The van der Waals surface area contributed by atoms with E-state index in [0.29, 0.717) is 75.7 Å². The molecule has 0 bridgehead atoms. The Morgan fingerprint density at radius 3 is 1.88 bits per heavy atom. The molecule has 312 valence electrons. The van der Waals surface area contributed by atoms with Crippen LogP contribution in [0.25, 0.3) is 0 Å². The maximum absolute atomic E-state index is 14.1. The fourth-order valence-electron chi connectivity index (χ4n) is 9.04. The van der Waals surface area contributed by atoms with Gasteiger partial charge in [0.05, 0.1) is 11.1 Å². The van der Waals surface area contributed by atoms with Crippen molar-refractivity contribution in [2.24, 2.45) is 11.8 Å². The van der Waals surface area contributed by atoms with Crippen molar-refractivity contribution in [3.8, 4) is 0 Å². The number of para-hydroxylation sites is 1. The maximum Gasteiger partial charge on any atom is 0.416 e. The van der Waals surface area contributed by atoms with Gasteiger partial charge < -0.3 is 24.8 Å². The average Bonchev–Trinajstić information content (AvgIpc) is 3.38. The number of halogens is 6. The molecule has 0 saturated carbocycles. The lowest BCUT2D eigenvalue weighted by molar-refractivity contribution is -0.143. The molecule has 9 nitrogen and oxygen atoms in total. The molecule has 4 heterocycles. The van der Waals surface area contributed by atoms with E-state index in [1.54, 1.807) is 4.90 Å². The van der Waals surface area contributed by atoms with Crippen LogP contribution in [-0.4, -0.2) is 95.6 Å². The number of urea groups is 1. The van der Waals surface area contributed by atoms with Gasteiger partial charge in [-0.1, -0.05) is 48.5 Å². The number of carbonyl (C=O) groups excluding carboxylic acids is 3. The van der Waals surface area contributed by atoms with Gasteiger partial charge in [0.25, 0.3) is 5.91 Å². The highest BCUT2D eigenvalue weighted by molar-refractivity contribution is 5.91. The summed E-state index contributed by atoms with van der Waals surface area (Å²) in [5, 5.41) is 2.95. The topological polar surface area (TPSA) is 85.4 Å². The lowest BCUT2D eigenvalue weighted by Crippen LogP contribution is -2.52. The first-order valence-electron chi connectivity index (χ1n) is 20.2. The van der Waals surface area contributed by atoms with E-state index in [2.05, 4.69) is 22.3 Å². The molecule has 4 aliphatic heterocycles. The fourth-order valence-corrected chi connectivity index (χ4v) is 9.04. The van der Waals surface area contributed by atoms with Crippen molar-refractivity contribution in [3.63, 3.8) is 0 Å². The minimum Gasteiger partial charge on any atom is -0.436 e. The second kappa shape index (κ2) is 17.6. The van der Waals surface area contributed by atoms with E-state index < -0.39 is 53.6 Å². The molecule has 0 unspecified atom stereocenters. The molecule has 3 aromatic rings. The normalized spacial score (nSPS) is 20.0. The maximum atomic E-state index is 14.1. The number of benzene rings is 3. The summed E-state index contributed by atoms with van der Waals surface area (Å²) in [6.45, 7) is 4.33.